The van der Waals surface area contributed by atoms with E-state index in [-0.39, 0.29) is 18.6 Å². The number of carbonyl (C=O) groups is 3. The number of piperazine rings is 1. The molecule has 0 spiro atoms. The minimum absolute atomic E-state index is 0.294. The van der Waals surface area contributed by atoms with Crippen molar-refractivity contribution in [1.29, 1.82) is 0 Å². The fourth-order valence-electron chi connectivity index (χ4n) is 5.42. The van der Waals surface area contributed by atoms with Crippen LogP contribution in [0.3, 0.4) is 0 Å². The lowest BCUT2D eigenvalue weighted by Crippen LogP contribution is -2.50. The zero-order valence-electron chi connectivity index (χ0n) is 24.8. The minimum atomic E-state index is -0.545. The van der Waals surface area contributed by atoms with E-state index in [2.05, 4.69) is 10.2 Å². The van der Waals surface area contributed by atoms with Crippen molar-refractivity contribution in [2.75, 3.05) is 82.0 Å². The normalized spacial score (nSPS) is 19.1. The number of benzene rings is 2. The van der Waals surface area contributed by atoms with Crippen LogP contribution in [0.1, 0.15) is 29.3 Å². The van der Waals surface area contributed by atoms with Crippen LogP contribution in [0.25, 0.3) is 0 Å². The number of hydrogen-bond donors (Lipinski definition) is 1. The number of morpholine rings is 1. The Kier molecular flexibility index (Phi) is 10.6. The van der Waals surface area contributed by atoms with E-state index in [1.807, 2.05) is 24.0 Å². The molecule has 0 bridgehead atoms. The summed E-state index contributed by atoms with van der Waals surface area (Å²) < 4.78 is 31.3. The predicted octanol–water partition coefficient (Wildman–Crippen LogP) is 2.82. The van der Waals surface area contributed by atoms with Crippen LogP contribution in [-0.2, 0) is 25.5 Å². The highest BCUT2D eigenvalue weighted by atomic mass is 32.1. The zero-order chi connectivity index (χ0) is 31.1. The molecule has 44 heavy (non-hydrogen) atoms. The fraction of sp³-hybridized carbons (Fsp3) is 0.484. The molecule has 236 valence electrons. The number of halogens is 1. The largest absolute Gasteiger partial charge is 0.452 e. The maximum Gasteiger partial charge on any atom is 0.414 e. The molecule has 0 radical (unpaired) electrons. The number of esters is 1. The molecule has 3 saturated heterocycles. The van der Waals surface area contributed by atoms with E-state index >= 15 is 4.39 Å². The molecule has 5 rings (SSSR count). The number of carbonyl (C=O) groups excluding carboxylic acids is 3. The summed E-state index contributed by atoms with van der Waals surface area (Å²) in [6.45, 7) is 7.63. The molecule has 3 aliphatic rings. The van der Waals surface area contributed by atoms with E-state index in [1.165, 1.54) is 11.0 Å². The van der Waals surface area contributed by atoms with Gasteiger partial charge >= 0.3 is 12.1 Å². The van der Waals surface area contributed by atoms with Gasteiger partial charge in [0, 0.05) is 45.8 Å². The standard InChI is InChI=1S/C31H38FN5O6S/c1-2-28(44)33-18-25-20-37(31(40)43-25)24-6-7-27(26(32)17-24)35-8-10-36(11-9-35)29(38)21-42-30(39)23-5-3-4-22(16-23)19-34-12-14-41-15-13-34/h3-7,16-17,25H,2,8-15,18-21H2,1H3,(H,33,44)/t25-/m0/s1. The molecule has 0 saturated carbocycles. The van der Waals surface area contributed by atoms with E-state index in [1.54, 1.807) is 29.2 Å². The molecule has 0 unspecified atom stereocenters. The number of thiocarbonyl (C=S) groups is 1. The number of rotatable bonds is 10. The molecule has 11 nitrogen and oxygen atoms in total. The average Bonchev–Trinajstić information content (AvgIpc) is 3.43. The van der Waals surface area contributed by atoms with Gasteiger partial charge in [-0.05, 0) is 42.3 Å². The third kappa shape index (κ3) is 8.01. The monoisotopic (exact) mass is 627 g/mol. The summed E-state index contributed by atoms with van der Waals surface area (Å²) in [7, 11) is 0. The molecule has 2 amide bonds. The van der Waals surface area contributed by atoms with Crippen molar-refractivity contribution >= 4 is 46.6 Å². The van der Waals surface area contributed by atoms with Gasteiger partial charge in [-0.1, -0.05) is 31.3 Å². The molecule has 1 atom stereocenters. The van der Waals surface area contributed by atoms with E-state index in [0.717, 1.165) is 18.7 Å². The van der Waals surface area contributed by atoms with Crippen LogP contribution in [0.2, 0.25) is 0 Å². The second-order valence-electron chi connectivity index (χ2n) is 10.9. The number of amides is 2. The maximum atomic E-state index is 15.2. The van der Waals surface area contributed by atoms with Crippen molar-refractivity contribution in [3.8, 4) is 0 Å². The minimum Gasteiger partial charge on any atom is -0.452 e. The van der Waals surface area contributed by atoms with Gasteiger partial charge in [0.05, 0.1) is 48.2 Å². The molecule has 2 aromatic rings. The Morgan fingerprint density at radius 2 is 1.84 bits per heavy atom. The second kappa shape index (κ2) is 14.8. The lowest BCUT2D eigenvalue weighted by atomic mass is 10.1. The topological polar surface area (TPSA) is 104 Å². The summed E-state index contributed by atoms with van der Waals surface area (Å²) in [5.74, 6) is -1.31. The third-order valence-corrected chi connectivity index (χ3v) is 8.37. The van der Waals surface area contributed by atoms with Gasteiger partial charge < -0.3 is 29.3 Å². The van der Waals surface area contributed by atoms with Crippen LogP contribution in [0.5, 0.6) is 0 Å². The summed E-state index contributed by atoms with van der Waals surface area (Å²) in [6.07, 6.45) is -0.210. The maximum absolute atomic E-state index is 15.2. The van der Waals surface area contributed by atoms with Gasteiger partial charge in [0.25, 0.3) is 5.91 Å². The van der Waals surface area contributed by atoms with Crippen molar-refractivity contribution in [3.05, 3.63) is 59.4 Å². The SMILES string of the molecule is CCC(=S)NC[C@H]1CN(c2ccc(N3CCN(C(=O)COC(=O)c4cccc(CN5CCOCC5)c4)CC3)c(F)c2)C(=O)O1. The average molecular weight is 628 g/mol. The van der Waals surface area contributed by atoms with Crippen LogP contribution in [0.4, 0.5) is 20.6 Å². The van der Waals surface area contributed by atoms with Crippen molar-refractivity contribution < 1.29 is 33.0 Å². The van der Waals surface area contributed by atoms with Crippen LogP contribution >= 0.6 is 12.2 Å². The predicted molar refractivity (Wildman–Crippen MR) is 167 cm³/mol. The number of anilines is 2. The molecule has 0 aromatic heterocycles. The van der Waals surface area contributed by atoms with Crippen LogP contribution in [0.15, 0.2) is 42.5 Å². The first kappa shape index (κ1) is 31.6. The Morgan fingerprint density at radius 1 is 1.07 bits per heavy atom. The highest BCUT2D eigenvalue weighted by molar-refractivity contribution is 7.80. The van der Waals surface area contributed by atoms with Crippen LogP contribution in [-0.4, -0.2) is 111 Å². The number of hydrogen-bond acceptors (Lipinski definition) is 9. The molecule has 3 heterocycles. The molecule has 3 fully saturated rings. The fourth-order valence-corrected chi connectivity index (χ4v) is 5.51. The number of nitrogens with zero attached hydrogens (tertiary/aromatic N) is 4. The molecule has 13 heteroatoms. The van der Waals surface area contributed by atoms with Gasteiger partial charge in [0.2, 0.25) is 0 Å². The summed E-state index contributed by atoms with van der Waals surface area (Å²) in [6, 6.07) is 11.9. The van der Waals surface area contributed by atoms with E-state index in [4.69, 9.17) is 26.4 Å². The first-order valence-electron chi connectivity index (χ1n) is 14.9. The van der Waals surface area contributed by atoms with Crippen molar-refractivity contribution in [3.63, 3.8) is 0 Å². The number of cyclic esters (lactones) is 1. The Bertz CT molecular complexity index is 1360. The summed E-state index contributed by atoms with van der Waals surface area (Å²) >= 11 is 5.16. The van der Waals surface area contributed by atoms with Crippen molar-refractivity contribution in [1.82, 2.24) is 15.1 Å². The highest BCUT2D eigenvalue weighted by Gasteiger charge is 2.33. The van der Waals surface area contributed by atoms with Crippen molar-refractivity contribution in [2.24, 2.45) is 0 Å². The van der Waals surface area contributed by atoms with Gasteiger partial charge in [-0.15, -0.1) is 0 Å². The highest BCUT2D eigenvalue weighted by Crippen LogP contribution is 2.28. The Morgan fingerprint density at radius 3 is 2.57 bits per heavy atom. The van der Waals surface area contributed by atoms with Gasteiger partial charge in [-0.25, -0.2) is 14.0 Å². The quantitative estimate of drug-likeness (QED) is 0.313. The molecule has 0 aliphatic carbocycles. The number of ether oxygens (including phenoxy) is 3. The van der Waals surface area contributed by atoms with E-state index < -0.39 is 17.9 Å². The first-order valence-corrected chi connectivity index (χ1v) is 15.3. The summed E-state index contributed by atoms with van der Waals surface area (Å²) in [4.78, 5) is 45.7. The first-order chi connectivity index (χ1) is 21.3. The van der Waals surface area contributed by atoms with Crippen LogP contribution < -0.4 is 15.1 Å². The van der Waals surface area contributed by atoms with Gasteiger partial charge in [-0.2, -0.15) is 0 Å². The molecule has 3 aliphatic heterocycles. The lowest BCUT2D eigenvalue weighted by molar-refractivity contribution is -0.134. The second-order valence-corrected chi connectivity index (χ2v) is 11.4. The molecule has 1 N–H and O–H groups in total. The third-order valence-electron chi connectivity index (χ3n) is 7.94. The Labute approximate surface area is 261 Å². The lowest BCUT2D eigenvalue weighted by Gasteiger charge is -2.36. The Hall–Kier alpha value is -3.81. The van der Waals surface area contributed by atoms with Gasteiger partial charge in [-0.3, -0.25) is 14.6 Å². The molecular weight excluding hydrogens is 589 g/mol. The number of nitrogens with one attached hydrogen (secondary N) is 1. The summed E-state index contributed by atoms with van der Waals surface area (Å²) in [5, 5.41) is 3.07. The smallest absolute Gasteiger partial charge is 0.414 e. The Balaban J connectivity index is 1.08. The van der Waals surface area contributed by atoms with Crippen molar-refractivity contribution in [2.45, 2.75) is 26.0 Å². The van der Waals surface area contributed by atoms with Gasteiger partial charge in [0.15, 0.2) is 6.61 Å². The van der Waals surface area contributed by atoms with Gasteiger partial charge in [0.1, 0.15) is 11.9 Å². The van der Waals surface area contributed by atoms with E-state index in [0.29, 0.717) is 87.4 Å². The summed E-state index contributed by atoms with van der Waals surface area (Å²) in [5.41, 5.74) is 2.21. The molecular formula is C31H38FN5O6S. The van der Waals surface area contributed by atoms with Crippen LogP contribution in [0, 0.1) is 5.82 Å². The van der Waals surface area contributed by atoms with E-state index in [9.17, 15) is 14.4 Å². The zero-order valence-corrected chi connectivity index (χ0v) is 25.7. The molecule has 2 aromatic carbocycles.